The van der Waals surface area contributed by atoms with E-state index in [1.807, 2.05) is 4.90 Å². The Labute approximate surface area is 228 Å². The van der Waals surface area contributed by atoms with Gasteiger partial charge in [0, 0.05) is 56.4 Å². The van der Waals surface area contributed by atoms with E-state index in [9.17, 15) is 28.1 Å². The molecule has 3 aliphatic rings. The van der Waals surface area contributed by atoms with E-state index in [1.54, 1.807) is 24.3 Å². The summed E-state index contributed by atoms with van der Waals surface area (Å²) in [5.41, 5.74) is 0.895. The van der Waals surface area contributed by atoms with Gasteiger partial charge in [0.2, 0.25) is 10.0 Å². The Kier molecular flexibility index (Phi) is 8.43. The SMILES string of the molecule is O=S1(=O)NC[C@H](O)CN(Cc2ccc(F)cc2)CC2(COc3cc(N4CCOCC4)ccc31)C[C@@H](O)[C@@H](O)C2. The second-order valence-electron chi connectivity index (χ2n) is 10.9. The van der Waals surface area contributed by atoms with E-state index in [2.05, 4.69) is 9.62 Å². The van der Waals surface area contributed by atoms with E-state index >= 15 is 0 Å². The highest BCUT2D eigenvalue weighted by molar-refractivity contribution is 7.89. The Morgan fingerprint density at radius 2 is 1.72 bits per heavy atom. The molecular formula is C27H36FN3O7S. The minimum absolute atomic E-state index is 0.0373. The van der Waals surface area contributed by atoms with Gasteiger partial charge in [0.15, 0.2) is 0 Å². The van der Waals surface area contributed by atoms with Crippen LogP contribution in [0.5, 0.6) is 5.75 Å². The Balaban J connectivity index is 1.49. The summed E-state index contributed by atoms with van der Waals surface area (Å²) in [6, 6.07) is 11.0. The van der Waals surface area contributed by atoms with Crippen LogP contribution in [0.2, 0.25) is 0 Å². The van der Waals surface area contributed by atoms with Crippen molar-refractivity contribution in [1.82, 2.24) is 9.62 Å². The van der Waals surface area contributed by atoms with Crippen LogP contribution in [0.1, 0.15) is 18.4 Å². The number of rotatable bonds is 3. The van der Waals surface area contributed by atoms with E-state index in [-0.39, 0.29) is 49.0 Å². The van der Waals surface area contributed by atoms with Crippen molar-refractivity contribution in [3.63, 3.8) is 0 Å². The molecule has 5 rings (SSSR count). The highest BCUT2D eigenvalue weighted by Gasteiger charge is 2.46. The van der Waals surface area contributed by atoms with Crippen LogP contribution in [-0.4, -0.2) is 99.5 Å². The monoisotopic (exact) mass is 565 g/mol. The van der Waals surface area contributed by atoms with Crippen LogP contribution in [0.15, 0.2) is 47.4 Å². The maximum Gasteiger partial charge on any atom is 0.244 e. The fraction of sp³-hybridized carbons (Fsp3) is 0.556. The number of hydrogen-bond donors (Lipinski definition) is 4. The Morgan fingerprint density at radius 3 is 2.41 bits per heavy atom. The van der Waals surface area contributed by atoms with Crippen LogP contribution in [-0.2, 0) is 21.3 Å². The normalized spacial score (nSPS) is 30.3. The maximum absolute atomic E-state index is 13.5. The summed E-state index contributed by atoms with van der Waals surface area (Å²) in [4.78, 5) is 3.99. The average molecular weight is 566 g/mol. The summed E-state index contributed by atoms with van der Waals surface area (Å²) >= 11 is 0. The first kappa shape index (κ1) is 28.2. The fourth-order valence-electron chi connectivity index (χ4n) is 5.77. The molecule has 39 heavy (non-hydrogen) atoms. The zero-order chi connectivity index (χ0) is 27.6. The smallest absolute Gasteiger partial charge is 0.244 e. The molecule has 10 nitrogen and oxygen atoms in total. The van der Waals surface area contributed by atoms with Crippen LogP contribution >= 0.6 is 0 Å². The number of benzene rings is 2. The number of aliphatic hydroxyl groups is 3. The van der Waals surface area contributed by atoms with Gasteiger partial charge in [-0.15, -0.1) is 0 Å². The number of ether oxygens (including phenoxy) is 2. The first-order valence-corrected chi connectivity index (χ1v) is 14.7. The molecule has 0 aromatic heterocycles. The molecule has 2 aliphatic heterocycles. The van der Waals surface area contributed by atoms with Crippen molar-refractivity contribution in [2.24, 2.45) is 5.41 Å². The van der Waals surface area contributed by atoms with Gasteiger partial charge < -0.3 is 29.7 Å². The lowest BCUT2D eigenvalue weighted by Crippen LogP contribution is -2.46. The van der Waals surface area contributed by atoms with Gasteiger partial charge in [-0.2, -0.15) is 0 Å². The molecule has 1 aliphatic carbocycles. The van der Waals surface area contributed by atoms with Gasteiger partial charge >= 0.3 is 0 Å². The number of β-amino-alcohol motifs (C(OH)–C–C–N with tert-alkyl or cyclic N) is 1. The molecule has 1 unspecified atom stereocenters. The third-order valence-electron chi connectivity index (χ3n) is 7.71. The molecule has 0 bridgehead atoms. The molecule has 4 atom stereocenters. The first-order chi connectivity index (χ1) is 18.6. The number of nitrogens with one attached hydrogen (secondary N) is 1. The predicted molar refractivity (Wildman–Crippen MR) is 142 cm³/mol. The van der Waals surface area contributed by atoms with Gasteiger partial charge in [0.1, 0.15) is 16.5 Å². The molecule has 2 fully saturated rings. The number of morpholine rings is 1. The van der Waals surface area contributed by atoms with E-state index in [0.29, 0.717) is 39.4 Å². The molecule has 1 spiro atoms. The summed E-state index contributed by atoms with van der Waals surface area (Å²) in [5.74, 6) is -0.189. The van der Waals surface area contributed by atoms with Gasteiger partial charge in [-0.3, -0.25) is 4.90 Å². The maximum atomic E-state index is 13.5. The molecule has 214 valence electrons. The van der Waals surface area contributed by atoms with Crippen LogP contribution in [0.3, 0.4) is 0 Å². The van der Waals surface area contributed by atoms with Gasteiger partial charge in [-0.1, -0.05) is 12.1 Å². The van der Waals surface area contributed by atoms with Crippen LogP contribution < -0.4 is 14.4 Å². The van der Waals surface area contributed by atoms with Crippen molar-refractivity contribution in [1.29, 1.82) is 0 Å². The largest absolute Gasteiger partial charge is 0.491 e. The lowest BCUT2D eigenvalue weighted by molar-refractivity contribution is 0.0427. The minimum Gasteiger partial charge on any atom is -0.491 e. The zero-order valence-corrected chi connectivity index (χ0v) is 22.5. The predicted octanol–water partition coefficient (Wildman–Crippen LogP) is 0.698. The molecule has 1 saturated carbocycles. The molecular weight excluding hydrogens is 529 g/mol. The summed E-state index contributed by atoms with van der Waals surface area (Å²) in [6.45, 7) is 3.13. The summed E-state index contributed by atoms with van der Waals surface area (Å²) in [6.07, 6.45) is -2.46. The minimum atomic E-state index is -4.02. The second-order valence-corrected chi connectivity index (χ2v) is 12.6. The zero-order valence-electron chi connectivity index (χ0n) is 21.7. The number of sulfonamides is 1. The number of aliphatic hydroxyl groups excluding tert-OH is 3. The highest BCUT2D eigenvalue weighted by Crippen LogP contribution is 2.41. The lowest BCUT2D eigenvalue weighted by Gasteiger charge is -2.37. The first-order valence-electron chi connectivity index (χ1n) is 13.2. The average Bonchev–Trinajstić information content (AvgIpc) is 3.20. The van der Waals surface area contributed by atoms with E-state index in [4.69, 9.17) is 9.47 Å². The molecule has 0 amide bonds. The van der Waals surface area contributed by atoms with Crippen molar-refractivity contribution in [2.75, 3.05) is 57.4 Å². The van der Waals surface area contributed by atoms with Crippen molar-refractivity contribution in [3.8, 4) is 5.75 Å². The topological polar surface area (TPSA) is 132 Å². The molecule has 2 aromatic rings. The highest BCUT2D eigenvalue weighted by atomic mass is 32.2. The second kappa shape index (κ2) is 11.7. The fourth-order valence-corrected chi connectivity index (χ4v) is 6.97. The van der Waals surface area contributed by atoms with Crippen LogP contribution in [0.25, 0.3) is 0 Å². The molecule has 4 N–H and O–H groups in total. The number of fused-ring (bicyclic) bond motifs is 1. The van der Waals surface area contributed by atoms with Crippen molar-refractivity contribution in [3.05, 3.63) is 53.8 Å². The number of halogens is 1. The molecule has 2 heterocycles. The van der Waals surface area contributed by atoms with E-state index in [0.717, 1.165) is 11.3 Å². The standard InChI is InChI=1S/C27H36FN3O7S/c28-20-3-1-19(2-4-20)15-30-16-22(32)14-29-39(35,36)26-6-5-21(31-7-9-37-10-8-31)11-25(26)38-18-27(17-30)12-23(33)24(34)13-27/h1-6,11,22-24,29,32-34H,7-10,12-18H2/t22-,23-,24+,27?/m0/s1. The number of hydrogen-bond acceptors (Lipinski definition) is 9. The van der Waals surface area contributed by atoms with Crippen molar-refractivity contribution in [2.45, 2.75) is 42.6 Å². The Bertz CT molecular complexity index is 1230. The summed E-state index contributed by atoms with van der Waals surface area (Å²) in [7, 11) is -4.02. The van der Waals surface area contributed by atoms with Gasteiger partial charge in [0.05, 0.1) is 38.1 Å². The van der Waals surface area contributed by atoms with Gasteiger partial charge in [-0.25, -0.2) is 17.5 Å². The Hall–Kier alpha value is -2.32. The molecule has 1 saturated heterocycles. The summed E-state index contributed by atoms with van der Waals surface area (Å²) in [5, 5.41) is 31.9. The molecule has 2 aromatic carbocycles. The third kappa shape index (κ3) is 6.71. The molecule has 12 heteroatoms. The Morgan fingerprint density at radius 1 is 1.03 bits per heavy atom. The lowest BCUT2D eigenvalue weighted by atomic mass is 9.85. The third-order valence-corrected chi connectivity index (χ3v) is 9.17. The van der Waals surface area contributed by atoms with Crippen LogP contribution in [0, 0.1) is 11.2 Å². The van der Waals surface area contributed by atoms with E-state index in [1.165, 1.54) is 18.2 Å². The summed E-state index contributed by atoms with van der Waals surface area (Å²) < 4.78 is 54.3. The van der Waals surface area contributed by atoms with Gasteiger partial charge in [-0.05, 0) is 42.7 Å². The van der Waals surface area contributed by atoms with E-state index < -0.39 is 33.8 Å². The van der Waals surface area contributed by atoms with Crippen molar-refractivity contribution < 1.29 is 37.6 Å². The van der Waals surface area contributed by atoms with Crippen molar-refractivity contribution >= 4 is 15.7 Å². The quantitative estimate of drug-likeness (QED) is 0.425. The van der Waals surface area contributed by atoms with Crippen LogP contribution in [0.4, 0.5) is 10.1 Å². The number of nitrogens with zero attached hydrogens (tertiary/aromatic N) is 2. The van der Waals surface area contributed by atoms with Gasteiger partial charge in [0.25, 0.3) is 0 Å². The number of anilines is 1. The molecule has 0 radical (unpaired) electrons.